The third kappa shape index (κ3) is 7.27. The molecular formula is C38H30CuN10O4S. The Hall–Kier alpha value is -6.06. The fraction of sp³-hybridized carbons (Fsp3) is 0.132. The fourth-order valence-electron chi connectivity index (χ4n) is 5.90. The SMILES string of the molecule is CC(C)(C)OC(=O)NNS(C)(=O)=O.[Cu+2].c1ccc2c(c1)-c1nc-2nc2[n-]c(nc3nc(nc4[n-]c(n1)c1ccccc41)-c1ccccc1-3)c1ccccc21. The molecule has 2 N–H and O–H groups in total. The van der Waals surface area contributed by atoms with Crippen LogP contribution in [0.1, 0.15) is 20.8 Å². The third-order valence-electron chi connectivity index (χ3n) is 8.07. The summed E-state index contributed by atoms with van der Waals surface area (Å²) in [6.07, 6.45) is 0.0857. The van der Waals surface area contributed by atoms with Crippen LogP contribution in [0.25, 0.3) is 89.7 Å². The molecule has 2 aliphatic rings. The summed E-state index contributed by atoms with van der Waals surface area (Å²) in [5.74, 6) is 2.21. The molecular weight excluding hydrogens is 756 g/mol. The summed E-state index contributed by atoms with van der Waals surface area (Å²) < 4.78 is 25.8. The van der Waals surface area contributed by atoms with E-state index < -0.39 is 21.7 Å². The maximum Gasteiger partial charge on any atom is 2.00 e. The van der Waals surface area contributed by atoms with E-state index >= 15 is 0 Å². The van der Waals surface area contributed by atoms with Crippen molar-refractivity contribution in [2.24, 2.45) is 0 Å². The molecule has 0 saturated heterocycles. The molecule has 9 rings (SSSR count). The van der Waals surface area contributed by atoms with Gasteiger partial charge in [0.05, 0.1) is 29.6 Å². The largest absolute Gasteiger partial charge is 2.00 e. The zero-order valence-corrected chi connectivity index (χ0v) is 30.9. The van der Waals surface area contributed by atoms with Crippen LogP contribution < -0.4 is 20.2 Å². The minimum Gasteiger partial charge on any atom is -0.443 e. The molecule has 3 aromatic heterocycles. The van der Waals surface area contributed by atoms with Gasteiger partial charge < -0.3 is 34.6 Å². The van der Waals surface area contributed by atoms with E-state index in [2.05, 4.69) is 0 Å². The van der Waals surface area contributed by atoms with Gasteiger partial charge in [-0.2, -0.15) is 0 Å². The first kappa shape index (κ1) is 36.3. The molecule has 0 fully saturated rings. The molecule has 0 aliphatic carbocycles. The topological polar surface area (TPSA) is 190 Å². The van der Waals surface area contributed by atoms with Crippen LogP contribution in [0.3, 0.4) is 0 Å². The second-order valence-corrected chi connectivity index (χ2v) is 14.9. The smallest absolute Gasteiger partial charge is 0.443 e. The molecule has 8 bridgehead atoms. The fourth-order valence-corrected chi connectivity index (χ4v) is 6.17. The van der Waals surface area contributed by atoms with Gasteiger partial charge in [0.25, 0.3) is 0 Å². The van der Waals surface area contributed by atoms with Gasteiger partial charge in [0, 0.05) is 44.8 Å². The van der Waals surface area contributed by atoms with E-state index in [1.807, 2.05) is 102 Å². The summed E-state index contributed by atoms with van der Waals surface area (Å²) in [6.45, 7) is 5.02. The summed E-state index contributed by atoms with van der Waals surface area (Å²) >= 11 is 0. The van der Waals surface area contributed by atoms with Crippen LogP contribution in [0.4, 0.5) is 4.79 Å². The van der Waals surface area contributed by atoms with Crippen LogP contribution in [0.15, 0.2) is 97.1 Å². The summed E-state index contributed by atoms with van der Waals surface area (Å²) in [6, 6.07) is 31.8. The molecule has 0 unspecified atom stereocenters. The zero-order valence-electron chi connectivity index (χ0n) is 29.2. The number of fused-ring (bicyclic) bond motifs is 20. The predicted molar refractivity (Wildman–Crippen MR) is 201 cm³/mol. The Morgan fingerprint density at radius 1 is 0.556 bits per heavy atom. The van der Waals surface area contributed by atoms with Crippen molar-refractivity contribution in [2.75, 3.05) is 6.26 Å². The van der Waals surface area contributed by atoms with Crippen molar-refractivity contribution < 1.29 is 35.0 Å². The predicted octanol–water partition coefficient (Wildman–Crippen LogP) is 6.10. The van der Waals surface area contributed by atoms with Crippen LogP contribution in [0, 0.1) is 0 Å². The number of benzene rings is 4. The molecule has 1 radical (unpaired) electrons. The van der Waals surface area contributed by atoms with E-state index in [-0.39, 0.29) is 17.1 Å². The van der Waals surface area contributed by atoms with Crippen LogP contribution >= 0.6 is 0 Å². The van der Waals surface area contributed by atoms with Crippen LogP contribution in [-0.4, -0.2) is 56.3 Å². The first-order chi connectivity index (χ1) is 25.4. The van der Waals surface area contributed by atoms with Gasteiger partial charge in [0.15, 0.2) is 0 Å². The monoisotopic (exact) mass is 785 g/mol. The first-order valence-corrected chi connectivity index (χ1v) is 18.3. The molecule has 5 heterocycles. The maximum absolute atomic E-state index is 10.8. The Morgan fingerprint density at radius 3 is 1.13 bits per heavy atom. The Balaban J connectivity index is 0.000000279. The average Bonchev–Trinajstić information content (AvgIpc) is 3.86. The summed E-state index contributed by atoms with van der Waals surface area (Å²) in [4.78, 5) is 51.9. The summed E-state index contributed by atoms with van der Waals surface area (Å²) in [5.41, 5.74) is 7.01. The molecule has 2 aliphatic heterocycles. The van der Waals surface area contributed by atoms with Crippen molar-refractivity contribution in [3.63, 3.8) is 0 Å². The molecule has 273 valence electrons. The minimum atomic E-state index is -3.44. The number of ether oxygens (including phenoxy) is 1. The standard InChI is InChI=1S/C32H16N8.C6H14N2O4S.Cu/c1-2-10-18-17(9-1)25-33-26(18)38-28-21-13-5-6-14-22(21)30(35-28)40-32-24-16-8-7-15-23(24)31(36-32)39-29-20-12-4-3-11-19(20)27(34-29)37-25;1-6(2,3)12-5(9)7-8-13(4,10)11;/h1-16H;8H,1-4H3,(H,7,9);/q-2;;+2. The molecule has 16 heteroatoms. The molecule has 14 nitrogen and oxygen atoms in total. The van der Waals surface area contributed by atoms with Crippen molar-refractivity contribution in [3.8, 4) is 45.6 Å². The number of sulfonamides is 1. The van der Waals surface area contributed by atoms with E-state index in [1.165, 1.54) is 0 Å². The number of carbonyl (C=O) groups is 1. The van der Waals surface area contributed by atoms with Crippen molar-refractivity contribution in [1.29, 1.82) is 0 Å². The maximum atomic E-state index is 10.8. The minimum absolute atomic E-state index is 0. The number of amides is 1. The number of hydrazine groups is 1. The van der Waals surface area contributed by atoms with E-state index in [4.69, 9.17) is 44.6 Å². The van der Waals surface area contributed by atoms with Crippen LogP contribution in [0.5, 0.6) is 0 Å². The van der Waals surface area contributed by atoms with Gasteiger partial charge in [0.1, 0.15) is 5.60 Å². The summed E-state index contributed by atoms with van der Waals surface area (Å²) in [5, 5.41) is 3.57. The van der Waals surface area contributed by atoms with E-state index in [0.29, 0.717) is 45.9 Å². The Kier molecular flexibility index (Phi) is 9.45. The Bertz CT molecular complexity index is 2570. The zero-order chi connectivity index (χ0) is 36.9. The van der Waals surface area contributed by atoms with Crippen molar-refractivity contribution in [1.82, 2.24) is 50.1 Å². The number of nitrogens with one attached hydrogen (secondary N) is 2. The quantitative estimate of drug-likeness (QED) is 0.152. The average molecular weight is 786 g/mol. The molecule has 7 aromatic rings. The number of carbonyl (C=O) groups excluding carboxylic acids is 1. The van der Waals surface area contributed by atoms with Gasteiger partial charge in [0.2, 0.25) is 10.0 Å². The summed E-state index contributed by atoms with van der Waals surface area (Å²) in [7, 11) is -3.44. The normalized spacial score (nSPS) is 11.9. The molecule has 4 aromatic carbocycles. The van der Waals surface area contributed by atoms with E-state index in [0.717, 1.165) is 50.1 Å². The number of hydrogen-bond acceptors (Lipinski definition) is 10. The van der Waals surface area contributed by atoms with Crippen LogP contribution in [-0.2, 0) is 31.8 Å². The number of hydrogen-bond donors (Lipinski definition) is 2. The third-order valence-corrected chi connectivity index (χ3v) is 8.54. The number of rotatable bonds is 2. The second-order valence-electron chi connectivity index (χ2n) is 13.2. The van der Waals surface area contributed by atoms with Crippen molar-refractivity contribution in [3.05, 3.63) is 97.1 Å². The molecule has 54 heavy (non-hydrogen) atoms. The van der Waals surface area contributed by atoms with Gasteiger partial charge >= 0.3 is 23.2 Å². The van der Waals surface area contributed by atoms with E-state index in [9.17, 15) is 13.2 Å². The molecule has 1 amide bonds. The van der Waals surface area contributed by atoms with E-state index in [1.54, 1.807) is 25.6 Å². The van der Waals surface area contributed by atoms with Crippen molar-refractivity contribution in [2.45, 2.75) is 26.4 Å². The van der Waals surface area contributed by atoms with Gasteiger partial charge in [-0.25, -0.2) is 28.6 Å². The van der Waals surface area contributed by atoms with Gasteiger partial charge in [-0.05, 0) is 42.3 Å². The van der Waals surface area contributed by atoms with Gasteiger partial charge in [-0.15, -0.1) is 4.83 Å². The Labute approximate surface area is 319 Å². The molecule has 0 atom stereocenters. The second kappa shape index (κ2) is 14.1. The van der Waals surface area contributed by atoms with Gasteiger partial charge in [-0.1, -0.05) is 97.1 Å². The Morgan fingerprint density at radius 2 is 0.852 bits per heavy atom. The van der Waals surface area contributed by atoms with Gasteiger partial charge in [-0.3, -0.25) is 0 Å². The van der Waals surface area contributed by atoms with Crippen LogP contribution in [0.2, 0.25) is 0 Å². The van der Waals surface area contributed by atoms with Crippen molar-refractivity contribution >= 4 is 60.3 Å². The molecule has 0 spiro atoms. The first-order valence-electron chi connectivity index (χ1n) is 16.4. The number of nitrogens with zero attached hydrogens (tertiary/aromatic N) is 8. The number of aromatic nitrogens is 8. The molecule has 0 saturated carbocycles.